The maximum absolute atomic E-state index is 12.0. The normalized spacial score (nSPS) is 24.6. The van der Waals surface area contributed by atoms with Crippen molar-refractivity contribution in [2.45, 2.75) is 37.3 Å². The highest BCUT2D eigenvalue weighted by Crippen LogP contribution is 2.58. The van der Waals surface area contributed by atoms with Gasteiger partial charge in [-0.15, -0.1) is 0 Å². The van der Waals surface area contributed by atoms with E-state index >= 15 is 0 Å². The number of hydrogen-bond donors (Lipinski definition) is 2. The predicted octanol–water partition coefficient (Wildman–Crippen LogP) is 4.96. The van der Waals surface area contributed by atoms with Crippen LogP contribution in [-0.2, 0) is 12.1 Å². The molecule has 142 valence electrons. The minimum Gasteiger partial charge on any atom is -0.380 e. The fourth-order valence-electron chi connectivity index (χ4n) is 5.39. The maximum atomic E-state index is 12.0. The van der Waals surface area contributed by atoms with E-state index in [1.54, 1.807) is 0 Å². The third kappa shape index (κ3) is 2.80. The van der Waals surface area contributed by atoms with Crippen LogP contribution in [0.25, 0.3) is 0 Å². The molecule has 2 nitrogen and oxygen atoms in total. The third-order valence-corrected chi connectivity index (χ3v) is 6.68. The number of benzene rings is 3. The molecule has 1 atom stereocenters. The molecule has 2 bridgehead atoms. The molecular weight excluding hydrogens is 342 g/mol. The van der Waals surface area contributed by atoms with Crippen molar-refractivity contribution in [3.05, 3.63) is 107 Å². The second kappa shape index (κ2) is 7.20. The van der Waals surface area contributed by atoms with Crippen molar-refractivity contribution in [2.75, 3.05) is 6.54 Å². The molecule has 3 aliphatic rings. The molecule has 0 radical (unpaired) electrons. The van der Waals surface area contributed by atoms with Crippen LogP contribution < -0.4 is 5.32 Å². The molecule has 2 N–H and O–H groups in total. The Labute approximate surface area is 167 Å². The number of aliphatic hydroxyl groups is 1. The van der Waals surface area contributed by atoms with E-state index in [2.05, 4.69) is 84.2 Å². The zero-order valence-corrected chi connectivity index (χ0v) is 16.1. The van der Waals surface area contributed by atoms with E-state index in [9.17, 15) is 5.11 Å². The molecule has 28 heavy (non-hydrogen) atoms. The first-order chi connectivity index (χ1) is 13.8. The van der Waals surface area contributed by atoms with Gasteiger partial charge in [0.2, 0.25) is 0 Å². The monoisotopic (exact) mass is 369 g/mol. The average molecular weight is 370 g/mol. The van der Waals surface area contributed by atoms with Gasteiger partial charge in [0.05, 0.1) is 0 Å². The smallest absolute Gasteiger partial charge is 0.118 e. The molecule has 0 heterocycles. The van der Waals surface area contributed by atoms with Crippen LogP contribution in [0.4, 0.5) is 0 Å². The van der Waals surface area contributed by atoms with Crippen molar-refractivity contribution < 1.29 is 5.11 Å². The Morgan fingerprint density at radius 1 is 0.821 bits per heavy atom. The van der Waals surface area contributed by atoms with Gasteiger partial charge in [0.25, 0.3) is 0 Å². The molecular formula is C26H27NO. The highest BCUT2D eigenvalue weighted by atomic mass is 16.3. The molecule has 0 fully saturated rings. The molecule has 1 unspecified atom stereocenters. The van der Waals surface area contributed by atoms with Crippen molar-refractivity contribution in [3.63, 3.8) is 0 Å². The van der Waals surface area contributed by atoms with Gasteiger partial charge in [-0.25, -0.2) is 0 Å². The summed E-state index contributed by atoms with van der Waals surface area (Å²) in [6, 6.07) is 27.6. The fourth-order valence-corrected chi connectivity index (χ4v) is 5.39. The van der Waals surface area contributed by atoms with Crippen molar-refractivity contribution in [3.8, 4) is 0 Å². The summed E-state index contributed by atoms with van der Waals surface area (Å²) in [5.41, 5.74) is 5.38. The Morgan fingerprint density at radius 3 is 2.11 bits per heavy atom. The topological polar surface area (TPSA) is 32.3 Å². The van der Waals surface area contributed by atoms with Gasteiger partial charge in [-0.3, -0.25) is 0 Å². The lowest BCUT2D eigenvalue weighted by Crippen LogP contribution is -2.47. The molecule has 0 saturated heterocycles. The Morgan fingerprint density at radius 2 is 1.43 bits per heavy atom. The van der Waals surface area contributed by atoms with Crippen LogP contribution >= 0.6 is 0 Å². The summed E-state index contributed by atoms with van der Waals surface area (Å²) in [7, 11) is 0. The van der Waals surface area contributed by atoms with E-state index in [4.69, 9.17) is 0 Å². The van der Waals surface area contributed by atoms with E-state index in [0.29, 0.717) is 5.92 Å². The zero-order valence-electron chi connectivity index (χ0n) is 16.1. The van der Waals surface area contributed by atoms with Crippen molar-refractivity contribution >= 4 is 0 Å². The minimum atomic E-state index is -0.846. The first kappa shape index (κ1) is 17.7. The van der Waals surface area contributed by atoms with Gasteiger partial charge in [-0.1, -0.05) is 78.9 Å². The van der Waals surface area contributed by atoms with Gasteiger partial charge in [-0.2, -0.15) is 0 Å². The van der Waals surface area contributed by atoms with Crippen LogP contribution in [0.1, 0.15) is 53.0 Å². The summed E-state index contributed by atoms with van der Waals surface area (Å²) in [6.07, 6.45) is 3.16. The lowest BCUT2D eigenvalue weighted by atomic mass is 9.55. The number of rotatable bonds is 6. The lowest BCUT2D eigenvalue weighted by molar-refractivity contribution is -0.0148. The van der Waals surface area contributed by atoms with Gasteiger partial charge in [0.15, 0.2) is 0 Å². The van der Waals surface area contributed by atoms with E-state index in [-0.39, 0.29) is 5.92 Å². The van der Waals surface area contributed by atoms with Gasteiger partial charge >= 0.3 is 0 Å². The van der Waals surface area contributed by atoms with Crippen molar-refractivity contribution in [1.82, 2.24) is 5.32 Å². The maximum Gasteiger partial charge on any atom is 0.118 e. The molecule has 2 heteroatoms. The predicted molar refractivity (Wildman–Crippen MR) is 113 cm³/mol. The summed E-state index contributed by atoms with van der Waals surface area (Å²) in [5, 5.41) is 15.6. The van der Waals surface area contributed by atoms with Crippen LogP contribution in [0.2, 0.25) is 0 Å². The van der Waals surface area contributed by atoms with Crippen molar-refractivity contribution in [2.24, 2.45) is 5.92 Å². The summed E-state index contributed by atoms with van der Waals surface area (Å²) < 4.78 is 0. The summed E-state index contributed by atoms with van der Waals surface area (Å²) >= 11 is 0. The zero-order chi connectivity index (χ0) is 19.0. The average Bonchev–Trinajstić information content (AvgIpc) is 2.76. The summed E-state index contributed by atoms with van der Waals surface area (Å²) in [4.78, 5) is 0. The molecule has 6 rings (SSSR count). The SMILES string of the molecule is OC12c3ccccc3C(CC1CCCNCc1ccccc1)c1ccccc12. The second-order valence-electron chi connectivity index (χ2n) is 8.23. The molecule has 3 aliphatic carbocycles. The van der Waals surface area contributed by atoms with E-state index in [1.807, 2.05) is 0 Å². The fraction of sp³-hybridized carbons (Fsp3) is 0.308. The van der Waals surface area contributed by atoms with Gasteiger partial charge in [0.1, 0.15) is 5.60 Å². The first-order valence-electron chi connectivity index (χ1n) is 10.4. The second-order valence-corrected chi connectivity index (χ2v) is 8.23. The quantitative estimate of drug-likeness (QED) is 0.602. The van der Waals surface area contributed by atoms with Crippen molar-refractivity contribution in [1.29, 1.82) is 0 Å². The summed E-state index contributed by atoms with van der Waals surface area (Å²) in [6.45, 7) is 1.89. The first-order valence-corrected chi connectivity index (χ1v) is 10.4. The summed E-state index contributed by atoms with van der Waals surface area (Å²) in [5.74, 6) is 0.699. The Hall–Kier alpha value is -2.42. The minimum absolute atomic E-state index is 0.279. The Kier molecular flexibility index (Phi) is 4.54. The molecule has 0 amide bonds. The van der Waals surface area contributed by atoms with Crippen LogP contribution in [0.3, 0.4) is 0 Å². The van der Waals surface area contributed by atoms with E-state index in [0.717, 1.165) is 43.5 Å². The Bertz CT molecular complexity index is 917. The molecule has 0 spiro atoms. The molecule has 0 saturated carbocycles. The lowest BCUT2D eigenvalue weighted by Gasteiger charge is -2.51. The highest BCUT2D eigenvalue weighted by Gasteiger charge is 2.52. The number of nitrogens with one attached hydrogen (secondary N) is 1. The van der Waals surface area contributed by atoms with Crippen LogP contribution in [0.15, 0.2) is 78.9 Å². The van der Waals surface area contributed by atoms with Crippen LogP contribution in [0.5, 0.6) is 0 Å². The largest absolute Gasteiger partial charge is 0.380 e. The Balaban J connectivity index is 1.32. The van der Waals surface area contributed by atoms with Crippen LogP contribution in [-0.4, -0.2) is 11.7 Å². The number of fused-ring (bicyclic) bond motifs is 1. The van der Waals surface area contributed by atoms with Crippen LogP contribution in [0, 0.1) is 5.92 Å². The van der Waals surface area contributed by atoms with E-state index in [1.165, 1.54) is 16.7 Å². The molecule has 3 aromatic rings. The van der Waals surface area contributed by atoms with Gasteiger partial charge in [0, 0.05) is 12.5 Å². The highest BCUT2D eigenvalue weighted by molar-refractivity contribution is 5.57. The van der Waals surface area contributed by atoms with Gasteiger partial charge < -0.3 is 10.4 Å². The molecule has 3 aromatic carbocycles. The van der Waals surface area contributed by atoms with E-state index < -0.39 is 5.60 Å². The standard InChI is InChI=1S/C26H27NO/c28-26-20(11-8-16-27-18-19-9-2-1-3-10-19)17-23(21-12-4-6-14-24(21)26)22-13-5-7-15-25(22)26/h1-7,9-10,12-15,20,23,27-28H,8,11,16-18H2. The molecule has 0 aliphatic heterocycles. The third-order valence-electron chi connectivity index (χ3n) is 6.68. The molecule has 0 aromatic heterocycles. The number of hydrogen-bond acceptors (Lipinski definition) is 2. The van der Waals surface area contributed by atoms with Gasteiger partial charge in [-0.05, 0) is 59.5 Å².